The summed E-state index contributed by atoms with van der Waals surface area (Å²) >= 11 is 7.18. The molecule has 0 aliphatic carbocycles. The average Bonchev–Trinajstić information content (AvgIpc) is 2.69. The number of rotatable bonds is 6. The lowest BCUT2D eigenvalue weighted by molar-refractivity contribution is 0.0601. The van der Waals surface area contributed by atoms with Crippen LogP contribution in [0.1, 0.15) is 15.9 Å². The molecule has 0 saturated carbocycles. The first-order valence-corrected chi connectivity index (χ1v) is 9.62. The second kappa shape index (κ2) is 8.72. The number of hydrogen-bond acceptors (Lipinski definition) is 6. The van der Waals surface area contributed by atoms with Crippen molar-refractivity contribution in [1.29, 1.82) is 0 Å². The molecule has 0 aliphatic rings. The summed E-state index contributed by atoms with van der Waals surface area (Å²) in [5.74, 6) is -0.855. The van der Waals surface area contributed by atoms with Gasteiger partial charge in [-0.1, -0.05) is 29.4 Å². The predicted octanol–water partition coefficient (Wildman–Crippen LogP) is 3.26. The highest BCUT2D eigenvalue weighted by molar-refractivity contribution is 7.98. The zero-order chi connectivity index (χ0) is 20.3. The Balaban J connectivity index is 2.07. The largest absolute Gasteiger partial charge is 0.465 e. The van der Waals surface area contributed by atoms with E-state index in [0.717, 1.165) is 11.8 Å². The molecule has 1 heterocycles. The third-order valence-corrected chi connectivity index (χ3v) is 5.43. The van der Waals surface area contributed by atoms with Crippen LogP contribution in [-0.2, 0) is 17.0 Å². The number of ether oxygens (including phenoxy) is 1. The predicted molar refractivity (Wildman–Crippen MR) is 105 cm³/mol. The molecule has 28 heavy (non-hydrogen) atoms. The minimum atomic E-state index is -0.546. The van der Waals surface area contributed by atoms with Crippen molar-refractivity contribution in [2.75, 3.05) is 13.7 Å². The van der Waals surface area contributed by atoms with Crippen LogP contribution < -0.4 is 5.56 Å². The first kappa shape index (κ1) is 20.3. The van der Waals surface area contributed by atoms with E-state index in [9.17, 15) is 19.1 Å². The van der Waals surface area contributed by atoms with Crippen LogP contribution in [0.4, 0.5) is 4.39 Å². The number of carbonyl (C=O) groups is 1. The fourth-order valence-corrected chi connectivity index (χ4v) is 4.03. The molecule has 0 saturated heterocycles. The van der Waals surface area contributed by atoms with Crippen LogP contribution in [0.25, 0.3) is 10.9 Å². The molecular formula is C19H16ClFN2O4S. The summed E-state index contributed by atoms with van der Waals surface area (Å²) in [4.78, 5) is 29.0. The zero-order valence-corrected chi connectivity index (χ0v) is 16.4. The summed E-state index contributed by atoms with van der Waals surface area (Å²) in [6.45, 7) is -0.227. The van der Waals surface area contributed by atoms with E-state index < -0.39 is 11.8 Å². The maximum atomic E-state index is 14.0. The first-order valence-electron chi connectivity index (χ1n) is 8.25. The van der Waals surface area contributed by atoms with Crippen molar-refractivity contribution in [2.24, 2.45) is 0 Å². The van der Waals surface area contributed by atoms with E-state index >= 15 is 0 Å². The molecule has 0 atom stereocenters. The number of benzene rings is 2. The van der Waals surface area contributed by atoms with Gasteiger partial charge >= 0.3 is 5.97 Å². The number of methoxy groups -OCH3 is 1. The van der Waals surface area contributed by atoms with Gasteiger partial charge < -0.3 is 9.84 Å². The third-order valence-electron chi connectivity index (χ3n) is 4.07. The van der Waals surface area contributed by atoms with Gasteiger partial charge in [-0.2, -0.15) is 0 Å². The van der Waals surface area contributed by atoms with Gasteiger partial charge in [0.25, 0.3) is 5.56 Å². The van der Waals surface area contributed by atoms with E-state index in [2.05, 4.69) is 4.98 Å². The molecule has 3 rings (SSSR count). The third kappa shape index (κ3) is 4.04. The van der Waals surface area contributed by atoms with Crippen LogP contribution in [0.15, 0.2) is 46.3 Å². The van der Waals surface area contributed by atoms with E-state index in [1.165, 1.54) is 42.0 Å². The Hall–Kier alpha value is -2.42. The van der Waals surface area contributed by atoms with Gasteiger partial charge in [0.1, 0.15) is 5.82 Å². The highest BCUT2D eigenvalue weighted by atomic mass is 35.5. The molecular weight excluding hydrogens is 407 g/mol. The van der Waals surface area contributed by atoms with Crippen LogP contribution in [0.2, 0.25) is 5.02 Å². The summed E-state index contributed by atoms with van der Waals surface area (Å²) in [6.07, 6.45) is 0. The van der Waals surface area contributed by atoms with Gasteiger partial charge in [0.2, 0.25) is 0 Å². The Morgan fingerprint density at radius 2 is 2.14 bits per heavy atom. The molecule has 0 aliphatic heterocycles. The molecule has 0 spiro atoms. The Kier molecular flexibility index (Phi) is 6.33. The highest BCUT2D eigenvalue weighted by Gasteiger charge is 2.16. The molecule has 1 aromatic heterocycles. The van der Waals surface area contributed by atoms with Crippen molar-refractivity contribution in [3.8, 4) is 0 Å². The molecule has 0 unspecified atom stereocenters. The zero-order valence-electron chi connectivity index (χ0n) is 14.8. The van der Waals surface area contributed by atoms with Crippen molar-refractivity contribution in [1.82, 2.24) is 9.55 Å². The molecule has 0 amide bonds. The first-order chi connectivity index (χ1) is 13.5. The van der Waals surface area contributed by atoms with Gasteiger partial charge in [-0.05, 0) is 30.3 Å². The molecule has 9 heteroatoms. The second-order valence-corrected chi connectivity index (χ2v) is 7.14. The smallest absolute Gasteiger partial charge is 0.337 e. The summed E-state index contributed by atoms with van der Waals surface area (Å²) < 4.78 is 20.1. The van der Waals surface area contributed by atoms with Crippen molar-refractivity contribution in [2.45, 2.75) is 17.5 Å². The molecule has 146 valence electrons. The topological polar surface area (TPSA) is 81.4 Å². The van der Waals surface area contributed by atoms with Crippen molar-refractivity contribution in [3.05, 3.63) is 68.7 Å². The van der Waals surface area contributed by atoms with Gasteiger partial charge in [-0.15, -0.1) is 0 Å². The molecule has 1 N–H and O–H groups in total. The fraction of sp³-hybridized carbons (Fsp3) is 0.211. The molecule has 6 nitrogen and oxygen atoms in total. The van der Waals surface area contributed by atoms with Gasteiger partial charge in [-0.25, -0.2) is 14.2 Å². The lowest BCUT2D eigenvalue weighted by atomic mass is 10.1. The minimum absolute atomic E-state index is 0.0356. The van der Waals surface area contributed by atoms with Crippen LogP contribution in [-0.4, -0.2) is 34.3 Å². The van der Waals surface area contributed by atoms with Crippen LogP contribution in [0.3, 0.4) is 0 Å². The average molecular weight is 423 g/mol. The molecule has 2 aromatic carbocycles. The normalized spacial score (nSPS) is 11.0. The molecule has 0 fully saturated rings. The Labute approximate surface area is 168 Å². The number of aromatic nitrogens is 2. The molecule has 3 aromatic rings. The number of aliphatic hydroxyl groups is 1. The number of nitrogens with zero attached hydrogens (tertiary/aromatic N) is 2. The SMILES string of the molecule is COC(=O)c1ccc2c(=O)n(CCO)c(SCc3c(F)cccc3Cl)nc2c1. The second-order valence-electron chi connectivity index (χ2n) is 5.79. The van der Waals surface area contributed by atoms with Gasteiger partial charge in [0.15, 0.2) is 5.16 Å². The van der Waals surface area contributed by atoms with Gasteiger partial charge in [0, 0.05) is 16.3 Å². The number of esters is 1. The van der Waals surface area contributed by atoms with E-state index in [1.54, 1.807) is 6.07 Å². The summed E-state index contributed by atoms with van der Waals surface area (Å²) in [7, 11) is 1.26. The Morgan fingerprint density at radius 1 is 1.36 bits per heavy atom. The van der Waals surface area contributed by atoms with E-state index in [0.29, 0.717) is 16.5 Å². The molecule has 0 radical (unpaired) electrons. The van der Waals surface area contributed by atoms with Gasteiger partial charge in [-0.3, -0.25) is 9.36 Å². The standard InChI is InChI=1S/C19H16ClFN2O4S/c1-27-18(26)11-5-6-12-16(9-11)22-19(23(7-8-24)17(12)25)28-10-13-14(20)3-2-4-15(13)21/h2-6,9,24H,7-8,10H2,1H3. The quantitative estimate of drug-likeness (QED) is 0.373. The van der Waals surface area contributed by atoms with Crippen molar-refractivity contribution >= 4 is 40.2 Å². The minimum Gasteiger partial charge on any atom is -0.465 e. The van der Waals surface area contributed by atoms with Gasteiger partial charge in [0.05, 0.1) is 36.7 Å². The summed E-state index contributed by atoms with van der Waals surface area (Å²) in [5, 5.41) is 10.2. The lowest BCUT2D eigenvalue weighted by Crippen LogP contribution is -2.25. The maximum absolute atomic E-state index is 14.0. The summed E-state index contributed by atoms with van der Waals surface area (Å²) in [6, 6.07) is 8.83. The van der Waals surface area contributed by atoms with E-state index in [-0.39, 0.29) is 40.2 Å². The number of fused-ring (bicyclic) bond motifs is 1. The number of hydrogen-bond donors (Lipinski definition) is 1. The number of carbonyl (C=O) groups excluding carboxylic acids is 1. The monoisotopic (exact) mass is 422 g/mol. The van der Waals surface area contributed by atoms with Crippen LogP contribution in [0.5, 0.6) is 0 Å². The Morgan fingerprint density at radius 3 is 2.82 bits per heavy atom. The number of aliphatic hydroxyl groups excluding tert-OH is 1. The highest BCUT2D eigenvalue weighted by Crippen LogP contribution is 2.28. The van der Waals surface area contributed by atoms with Crippen molar-refractivity contribution in [3.63, 3.8) is 0 Å². The Bertz CT molecular complexity index is 1080. The molecule has 0 bridgehead atoms. The van der Waals surface area contributed by atoms with Crippen molar-refractivity contribution < 1.29 is 19.0 Å². The number of thioether (sulfide) groups is 1. The van der Waals surface area contributed by atoms with E-state index in [4.69, 9.17) is 16.3 Å². The number of halogens is 2. The van der Waals surface area contributed by atoms with E-state index in [1.807, 2.05) is 0 Å². The fourth-order valence-electron chi connectivity index (χ4n) is 2.66. The van der Waals surface area contributed by atoms with Crippen LogP contribution >= 0.6 is 23.4 Å². The maximum Gasteiger partial charge on any atom is 0.337 e. The van der Waals surface area contributed by atoms with Crippen LogP contribution in [0, 0.1) is 5.82 Å². The lowest BCUT2D eigenvalue weighted by Gasteiger charge is -2.13. The summed E-state index contributed by atoms with van der Waals surface area (Å²) in [5.41, 5.74) is 0.499.